The van der Waals surface area contributed by atoms with Gasteiger partial charge in [-0.3, -0.25) is 4.79 Å². The van der Waals surface area contributed by atoms with Crippen molar-refractivity contribution in [3.05, 3.63) is 30.1 Å². The highest BCUT2D eigenvalue weighted by atomic mass is 19.1. The maximum Gasteiger partial charge on any atom is 0.305 e. The van der Waals surface area contributed by atoms with Gasteiger partial charge in [0, 0.05) is 25.2 Å². The number of nitrogens with zero attached hydrogens (tertiary/aromatic N) is 1. The highest BCUT2D eigenvalue weighted by Gasteiger charge is 2.23. The normalized spacial score (nSPS) is 19.0. The Morgan fingerprint density at radius 1 is 1.44 bits per heavy atom. The number of hydrogen-bond acceptors (Lipinski definition) is 3. The van der Waals surface area contributed by atoms with E-state index in [1.165, 1.54) is 19.2 Å². The van der Waals surface area contributed by atoms with Crippen LogP contribution in [0.25, 0.3) is 0 Å². The Bertz CT molecular complexity index is 405. The van der Waals surface area contributed by atoms with E-state index in [0.717, 1.165) is 31.6 Å². The molecule has 1 atom stereocenters. The number of anilines is 1. The summed E-state index contributed by atoms with van der Waals surface area (Å²) >= 11 is 0. The van der Waals surface area contributed by atoms with Crippen LogP contribution in [0.4, 0.5) is 10.1 Å². The fourth-order valence-electron chi connectivity index (χ4n) is 2.38. The molecule has 0 radical (unpaired) electrons. The minimum atomic E-state index is -0.208. The zero-order valence-corrected chi connectivity index (χ0v) is 10.6. The molecule has 4 heteroatoms. The molecule has 98 valence electrons. The van der Waals surface area contributed by atoms with Gasteiger partial charge in [0.2, 0.25) is 0 Å². The predicted octanol–water partition coefficient (Wildman–Crippen LogP) is 2.61. The number of hydrogen-bond donors (Lipinski definition) is 0. The monoisotopic (exact) mass is 251 g/mol. The molecule has 1 heterocycles. The second-order valence-corrected chi connectivity index (χ2v) is 4.69. The molecule has 0 spiro atoms. The average molecular weight is 251 g/mol. The Morgan fingerprint density at radius 2 is 2.17 bits per heavy atom. The van der Waals surface area contributed by atoms with Crippen molar-refractivity contribution in [3.63, 3.8) is 0 Å². The lowest BCUT2D eigenvalue weighted by Crippen LogP contribution is -2.19. The van der Waals surface area contributed by atoms with Gasteiger partial charge in [-0.05, 0) is 43.0 Å². The van der Waals surface area contributed by atoms with Crippen LogP contribution in [-0.4, -0.2) is 26.2 Å². The Morgan fingerprint density at radius 3 is 2.83 bits per heavy atom. The van der Waals surface area contributed by atoms with E-state index in [1.54, 1.807) is 12.1 Å². The van der Waals surface area contributed by atoms with Crippen molar-refractivity contribution in [2.75, 3.05) is 25.1 Å². The molecule has 1 aromatic carbocycles. The summed E-state index contributed by atoms with van der Waals surface area (Å²) in [6.07, 6.45) is 2.43. The zero-order chi connectivity index (χ0) is 13.0. The van der Waals surface area contributed by atoms with Crippen LogP contribution < -0.4 is 4.90 Å². The number of carbonyl (C=O) groups is 1. The van der Waals surface area contributed by atoms with Gasteiger partial charge in [-0.2, -0.15) is 0 Å². The average Bonchev–Trinajstić information content (AvgIpc) is 2.85. The minimum Gasteiger partial charge on any atom is -0.469 e. The lowest BCUT2D eigenvalue weighted by atomic mass is 10.0. The molecule has 18 heavy (non-hydrogen) atoms. The lowest BCUT2D eigenvalue weighted by molar-refractivity contribution is -0.140. The van der Waals surface area contributed by atoms with E-state index in [4.69, 9.17) is 0 Å². The Hall–Kier alpha value is -1.58. The Labute approximate surface area is 107 Å². The van der Waals surface area contributed by atoms with E-state index < -0.39 is 0 Å². The van der Waals surface area contributed by atoms with Gasteiger partial charge in [0.05, 0.1) is 7.11 Å². The molecule has 1 fully saturated rings. The molecule has 1 aliphatic heterocycles. The van der Waals surface area contributed by atoms with Gasteiger partial charge in [-0.1, -0.05) is 0 Å². The molecule has 1 aromatic rings. The van der Waals surface area contributed by atoms with Gasteiger partial charge in [-0.25, -0.2) is 4.39 Å². The van der Waals surface area contributed by atoms with Crippen molar-refractivity contribution >= 4 is 11.7 Å². The van der Waals surface area contributed by atoms with Crippen molar-refractivity contribution < 1.29 is 13.9 Å². The molecule has 0 N–H and O–H groups in total. The summed E-state index contributed by atoms with van der Waals surface area (Å²) in [5.41, 5.74) is 1.05. The van der Waals surface area contributed by atoms with Gasteiger partial charge in [0.15, 0.2) is 0 Å². The van der Waals surface area contributed by atoms with Crippen LogP contribution in [-0.2, 0) is 9.53 Å². The molecule has 3 nitrogen and oxygen atoms in total. The Kier molecular flexibility index (Phi) is 4.18. The smallest absolute Gasteiger partial charge is 0.305 e. The SMILES string of the molecule is COC(=O)CCC1CCN(c2ccc(F)cc2)C1. The quantitative estimate of drug-likeness (QED) is 0.770. The van der Waals surface area contributed by atoms with E-state index in [-0.39, 0.29) is 11.8 Å². The van der Waals surface area contributed by atoms with E-state index in [1.807, 2.05) is 0 Å². The third-order valence-electron chi connectivity index (χ3n) is 3.46. The third-order valence-corrected chi connectivity index (χ3v) is 3.46. The summed E-state index contributed by atoms with van der Waals surface area (Å²) < 4.78 is 17.5. The van der Waals surface area contributed by atoms with E-state index in [9.17, 15) is 9.18 Å². The van der Waals surface area contributed by atoms with Crippen molar-refractivity contribution in [3.8, 4) is 0 Å². The topological polar surface area (TPSA) is 29.5 Å². The van der Waals surface area contributed by atoms with Crippen LogP contribution in [0.1, 0.15) is 19.3 Å². The number of benzene rings is 1. The summed E-state index contributed by atoms with van der Waals surface area (Å²) in [5.74, 6) is 0.171. The number of rotatable bonds is 4. The first-order valence-corrected chi connectivity index (χ1v) is 6.26. The number of esters is 1. The zero-order valence-electron chi connectivity index (χ0n) is 10.6. The number of ether oxygens (including phenoxy) is 1. The second kappa shape index (κ2) is 5.85. The third kappa shape index (κ3) is 3.22. The van der Waals surface area contributed by atoms with Crippen molar-refractivity contribution in [2.24, 2.45) is 5.92 Å². The molecule has 1 unspecified atom stereocenters. The largest absolute Gasteiger partial charge is 0.469 e. The van der Waals surface area contributed by atoms with E-state index in [2.05, 4.69) is 9.64 Å². The summed E-state index contributed by atoms with van der Waals surface area (Å²) in [6, 6.07) is 6.57. The molecule has 0 saturated carbocycles. The molecule has 2 rings (SSSR count). The first-order valence-electron chi connectivity index (χ1n) is 6.26. The fourth-order valence-corrected chi connectivity index (χ4v) is 2.38. The lowest BCUT2D eigenvalue weighted by Gasteiger charge is -2.18. The maximum absolute atomic E-state index is 12.8. The van der Waals surface area contributed by atoms with Crippen LogP contribution in [0.5, 0.6) is 0 Å². The van der Waals surface area contributed by atoms with Gasteiger partial charge in [0.25, 0.3) is 0 Å². The summed E-state index contributed by atoms with van der Waals surface area (Å²) in [7, 11) is 1.42. The summed E-state index contributed by atoms with van der Waals surface area (Å²) in [5, 5.41) is 0. The van der Waals surface area contributed by atoms with Crippen LogP contribution in [0.15, 0.2) is 24.3 Å². The predicted molar refractivity (Wildman–Crippen MR) is 68.0 cm³/mol. The highest BCUT2D eigenvalue weighted by Crippen LogP contribution is 2.26. The first kappa shape index (κ1) is 12.9. The molecule has 0 amide bonds. The van der Waals surface area contributed by atoms with Crippen LogP contribution in [0.3, 0.4) is 0 Å². The molecule has 0 aliphatic carbocycles. The number of methoxy groups -OCH3 is 1. The standard InChI is InChI=1S/C14H18FNO2/c1-18-14(17)7-2-11-8-9-16(10-11)13-5-3-12(15)4-6-13/h3-6,11H,2,7-10H2,1H3. The molecule has 0 aromatic heterocycles. The van der Waals surface area contributed by atoms with Crippen molar-refractivity contribution in [1.29, 1.82) is 0 Å². The van der Waals surface area contributed by atoms with Crippen LogP contribution in [0, 0.1) is 11.7 Å². The highest BCUT2D eigenvalue weighted by molar-refractivity contribution is 5.69. The van der Waals surface area contributed by atoms with Crippen LogP contribution >= 0.6 is 0 Å². The molecule has 1 aliphatic rings. The molecule has 1 saturated heterocycles. The second-order valence-electron chi connectivity index (χ2n) is 4.69. The molecular formula is C14H18FNO2. The maximum atomic E-state index is 12.8. The van der Waals surface area contributed by atoms with E-state index >= 15 is 0 Å². The van der Waals surface area contributed by atoms with Gasteiger partial charge in [0.1, 0.15) is 5.82 Å². The number of carbonyl (C=O) groups excluding carboxylic acids is 1. The van der Waals surface area contributed by atoms with Crippen LogP contribution in [0.2, 0.25) is 0 Å². The van der Waals surface area contributed by atoms with Gasteiger partial charge >= 0.3 is 5.97 Å². The number of halogens is 1. The van der Waals surface area contributed by atoms with Crippen molar-refractivity contribution in [2.45, 2.75) is 19.3 Å². The Balaban J connectivity index is 1.84. The molecule has 0 bridgehead atoms. The fraction of sp³-hybridized carbons (Fsp3) is 0.500. The summed E-state index contributed by atoms with van der Waals surface area (Å²) in [6.45, 7) is 1.90. The first-order chi connectivity index (χ1) is 8.69. The van der Waals surface area contributed by atoms with Crippen molar-refractivity contribution in [1.82, 2.24) is 0 Å². The van der Waals surface area contributed by atoms with Gasteiger partial charge < -0.3 is 9.64 Å². The summed E-state index contributed by atoms with van der Waals surface area (Å²) in [4.78, 5) is 13.3. The minimum absolute atomic E-state index is 0.143. The van der Waals surface area contributed by atoms with E-state index in [0.29, 0.717) is 12.3 Å². The molecular weight excluding hydrogens is 233 g/mol. The van der Waals surface area contributed by atoms with Gasteiger partial charge in [-0.15, -0.1) is 0 Å².